The van der Waals surface area contributed by atoms with E-state index in [-0.39, 0.29) is 16.5 Å². The molecule has 0 aliphatic heterocycles. The monoisotopic (exact) mass is 193 g/mol. The highest BCUT2D eigenvalue weighted by Crippen LogP contribution is 2.18. The lowest BCUT2D eigenvalue weighted by atomic mass is 10.1. The molecular weight excluding hydrogens is 188 g/mol. The summed E-state index contributed by atoms with van der Waals surface area (Å²) in [5, 5.41) is 0.149. The summed E-state index contributed by atoms with van der Waals surface area (Å²) in [6.07, 6.45) is 1.84. The number of aromatic nitrogens is 1. The maximum Gasteiger partial charge on any atom is 0.151 e. The maximum absolute atomic E-state index is 13.2. The van der Waals surface area contributed by atoms with E-state index in [2.05, 4.69) is 4.98 Å². The van der Waals surface area contributed by atoms with Crippen molar-refractivity contribution in [3.8, 4) is 0 Å². The molecule has 0 saturated heterocycles. The van der Waals surface area contributed by atoms with E-state index in [9.17, 15) is 13.6 Å². The fraction of sp³-hybridized carbons (Fsp3) is 0. The van der Waals surface area contributed by atoms with Crippen LogP contribution >= 0.6 is 0 Å². The summed E-state index contributed by atoms with van der Waals surface area (Å²) in [6.45, 7) is 0. The van der Waals surface area contributed by atoms with Gasteiger partial charge in [-0.05, 0) is 6.07 Å². The number of fused-ring (bicyclic) bond motifs is 1. The molecule has 14 heavy (non-hydrogen) atoms. The number of carbonyl (C=O) groups excluding carboxylic acids is 1. The topological polar surface area (TPSA) is 30.0 Å². The van der Waals surface area contributed by atoms with Crippen LogP contribution in [0.5, 0.6) is 0 Å². The lowest BCUT2D eigenvalue weighted by Gasteiger charge is -1.99. The fourth-order valence-electron chi connectivity index (χ4n) is 1.23. The lowest BCUT2D eigenvalue weighted by molar-refractivity contribution is 0.112. The van der Waals surface area contributed by atoms with Gasteiger partial charge in [0.05, 0.1) is 5.52 Å². The minimum absolute atomic E-state index is 0.149. The molecule has 2 rings (SSSR count). The highest BCUT2D eigenvalue weighted by molar-refractivity contribution is 5.86. The zero-order valence-electron chi connectivity index (χ0n) is 7.00. The van der Waals surface area contributed by atoms with E-state index in [0.717, 1.165) is 12.1 Å². The number of hydrogen-bond acceptors (Lipinski definition) is 2. The van der Waals surface area contributed by atoms with Crippen molar-refractivity contribution >= 4 is 17.2 Å². The van der Waals surface area contributed by atoms with Crippen molar-refractivity contribution in [2.45, 2.75) is 0 Å². The quantitative estimate of drug-likeness (QED) is 0.650. The molecule has 4 heteroatoms. The summed E-state index contributed by atoms with van der Waals surface area (Å²) in [6, 6.07) is 3.22. The average molecular weight is 193 g/mol. The van der Waals surface area contributed by atoms with Gasteiger partial charge < -0.3 is 0 Å². The molecule has 0 fully saturated rings. The summed E-state index contributed by atoms with van der Waals surface area (Å²) < 4.78 is 25.9. The molecule has 2 nitrogen and oxygen atoms in total. The maximum atomic E-state index is 13.2. The van der Waals surface area contributed by atoms with Crippen LogP contribution in [-0.2, 0) is 0 Å². The minimum atomic E-state index is -0.712. The number of nitrogens with zero attached hydrogens (tertiary/aromatic N) is 1. The highest BCUT2D eigenvalue weighted by atomic mass is 19.1. The average Bonchev–Trinajstić information content (AvgIpc) is 2.17. The van der Waals surface area contributed by atoms with Gasteiger partial charge in [0.2, 0.25) is 0 Å². The van der Waals surface area contributed by atoms with Crippen LogP contribution in [0.4, 0.5) is 8.78 Å². The zero-order chi connectivity index (χ0) is 10.1. The molecule has 1 aromatic heterocycles. The van der Waals surface area contributed by atoms with Crippen LogP contribution in [0.25, 0.3) is 10.9 Å². The van der Waals surface area contributed by atoms with E-state index in [1.165, 1.54) is 12.3 Å². The Hall–Kier alpha value is -1.84. The van der Waals surface area contributed by atoms with Crippen LogP contribution in [0.1, 0.15) is 10.4 Å². The largest absolute Gasteiger partial charge is 0.298 e. The van der Waals surface area contributed by atoms with Crippen molar-refractivity contribution in [1.82, 2.24) is 4.98 Å². The van der Waals surface area contributed by atoms with Crippen LogP contribution in [0, 0.1) is 11.6 Å². The van der Waals surface area contributed by atoms with Crippen molar-refractivity contribution in [3.05, 3.63) is 41.6 Å². The standard InChI is InChI=1S/C10H5F2NO/c11-7-2-9(12)8-1-6(5-14)4-13-10(8)3-7/h1-5H. The molecule has 0 bridgehead atoms. The second-order valence-corrected chi connectivity index (χ2v) is 2.84. The summed E-state index contributed by atoms with van der Waals surface area (Å²) in [4.78, 5) is 14.2. The third-order valence-electron chi connectivity index (χ3n) is 1.87. The van der Waals surface area contributed by atoms with Crippen molar-refractivity contribution in [2.24, 2.45) is 0 Å². The van der Waals surface area contributed by atoms with Crippen LogP contribution in [0.2, 0.25) is 0 Å². The minimum Gasteiger partial charge on any atom is -0.298 e. The molecule has 0 saturated carbocycles. The van der Waals surface area contributed by atoms with Gasteiger partial charge in [0.25, 0.3) is 0 Å². The van der Waals surface area contributed by atoms with Crippen molar-refractivity contribution in [3.63, 3.8) is 0 Å². The van der Waals surface area contributed by atoms with E-state index in [0.29, 0.717) is 6.29 Å². The summed E-state index contributed by atoms with van der Waals surface area (Å²) in [5.74, 6) is -1.39. The Morgan fingerprint density at radius 2 is 2.00 bits per heavy atom. The number of hydrogen-bond donors (Lipinski definition) is 0. The summed E-state index contributed by atoms with van der Waals surface area (Å²) in [5.41, 5.74) is 0.469. The lowest BCUT2D eigenvalue weighted by Crippen LogP contribution is -1.89. The number of halogens is 2. The van der Waals surface area contributed by atoms with E-state index in [4.69, 9.17) is 0 Å². The number of aldehydes is 1. The zero-order valence-corrected chi connectivity index (χ0v) is 7.00. The second-order valence-electron chi connectivity index (χ2n) is 2.84. The fourth-order valence-corrected chi connectivity index (χ4v) is 1.23. The van der Waals surface area contributed by atoms with E-state index in [1.54, 1.807) is 0 Å². The molecule has 0 radical (unpaired) electrons. The van der Waals surface area contributed by atoms with Gasteiger partial charge in [-0.15, -0.1) is 0 Å². The van der Waals surface area contributed by atoms with E-state index >= 15 is 0 Å². The molecular formula is C10H5F2NO. The number of rotatable bonds is 1. The first-order valence-corrected chi connectivity index (χ1v) is 3.90. The Balaban J connectivity index is 2.81. The molecule has 0 aliphatic rings. The van der Waals surface area contributed by atoms with Gasteiger partial charge in [0.15, 0.2) is 6.29 Å². The molecule has 0 N–H and O–H groups in total. The Labute approximate surface area is 78.2 Å². The van der Waals surface area contributed by atoms with Gasteiger partial charge in [0, 0.05) is 29.3 Å². The van der Waals surface area contributed by atoms with Gasteiger partial charge in [-0.2, -0.15) is 0 Å². The van der Waals surface area contributed by atoms with Crippen LogP contribution in [-0.4, -0.2) is 11.3 Å². The first-order chi connectivity index (χ1) is 6.70. The van der Waals surface area contributed by atoms with E-state index < -0.39 is 11.6 Å². The number of carbonyl (C=O) groups is 1. The Bertz CT molecular complexity index is 511. The van der Waals surface area contributed by atoms with Gasteiger partial charge in [0.1, 0.15) is 11.6 Å². The van der Waals surface area contributed by atoms with Crippen molar-refractivity contribution in [2.75, 3.05) is 0 Å². The third kappa shape index (κ3) is 1.35. The molecule has 1 heterocycles. The predicted octanol–water partition coefficient (Wildman–Crippen LogP) is 2.33. The first kappa shape index (κ1) is 8.74. The van der Waals surface area contributed by atoms with Gasteiger partial charge >= 0.3 is 0 Å². The molecule has 0 aliphatic carbocycles. The Kier molecular flexibility index (Phi) is 1.96. The smallest absolute Gasteiger partial charge is 0.151 e. The summed E-state index contributed by atoms with van der Waals surface area (Å²) in [7, 11) is 0. The third-order valence-corrected chi connectivity index (χ3v) is 1.87. The molecule has 2 aromatic rings. The second kappa shape index (κ2) is 3.14. The highest BCUT2D eigenvalue weighted by Gasteiger charge is 2.05. The molecule has 0 atom stereocenters. The predicted molar refractivity (Wildman–Crippen MR) is 47.0 cm³/mol. The number of pyridine rings is 1. The SMILES string of the molecule is O=Cc1cnc2cc(F)cc(F)c2c1. The number of benzene rings is 1. The Morgan fingerprint density at radius 3 is 2.71 bits per heavy atom. The van der Waals surface area contributed by atoms with E-state index in [1.807, 2.05) is 0 Å². The van der Waals surface area contributed by atoms with Crippen molar-refractivity contribution < 1.29 is 13.6 Å². The summed E-state index contributed by atoms with van der Waals surface area (Å²) >= 11 is 0. The van der Waals surface area contributed by atoms with Gasteiger partial charge in [-0.3, -0.25) is 9.78 Å². The van der Waals surface area contributed by atoms with Gasteiger partial charge in [-0.25, -0.2) is 8.78 Å². The van der Waals surface area contributed by atoms with Crippen LogP contribution < -0.4 is 0 Å². The molecule has 0 spiro atoms. The molecule has 0 unspecified atom stereocenters. The van der Waals surface area contributed by atoms with Gasteiger partial charge in [-0.1, -0.05) is 0 Å². The molecule has 1 aromatic carbocycles. The molecule has 0 amide bonds. The van der Waals surface area contributed by atoms with Crippen LogP contribution in [0.15, 0.2) is 24.4 Å². The van der Waals surface area contributed by atoms with Crippen LogP contribution in [0.3, 0.4) is 0 Å². The van der Waals surface area contributed by atoms with Crippen molar-refractivity contribution in [1.29, 1.82) is 0 Å². The normalized spacial score (nSPS) is 10.4. The first-order valence-electron chi connectivity index (χ1n) is 3.90. The Morgan fingerprint density at radius 1 is 1.21 bits per heavy atom. The molecule has 70 valence electrons.